The summed E-state index contributed by atoms with van der Waals surface area (Å²) in [6.45, 7) is 2.75. The summed E-state index contributed by atoms with van der Waals surface area (Å²) in [5, 5.41) is 5.69. The van der Waals surface area contributed by atoms with Gasteiger partial charge in [-0.1, -0.05) is 19.1 Å². The van der Waals surface area contributed by atoms with E-state index in [0.717, 1.165) is 36.2 Å². The monoisotopic (exact) mass is 246 g/mol. The number of fused-ring (bicyclic) bond motifs is 1. The molecule has 1 aliphatic heterocycles. The van der Waals surface area contributed by atoms with Crippen LogP contribution < -0.4 is 10.6 Å². The van der Waals surface area contributed by atoms with Crippen LogP contribution in [0.2, 0.25) is 0 Å². The van der Waals surface area contributed by atoms with Crippen LogP contribution in [0.4, 0.5) is 5.69 Å². The number of hydrogen-bond donors (Lipinski definition) is 2. The summed E-state index contributed by atoms with van der Waals surface area (Å²) in [7, 11) is 0. The second-order valence-corrected chi connectivity index (χ2v) is 4.57. The van der Waals surface area contributed by atoms with E-state index in [1.807, 2.05) is 25.1 Å². The Morgan fingerprint density at radius 3 is 3.00 bits per heavy atom. The van der Waals surface area contributed by atoms with E-state index in [9.17, 15) is 9.59 Å². The normalized spacial score (nSPS) is 13.7. The molecule has 4 heteroatoms. The molecular formula is C14H18N2O2. The molecule has 1 aromatic carbocycles. The van der Waals surface area contributed by atoms with Crippen LogP contribution in [0.1, 0.15) is 30.9 Å². The number of rotatable bonds is 4. The number of aryl methyl sites for hydroxylation is 1. The van der Waals surface area contributed by atoms with E-state index in [0.29, 0.717) is 12.8 Å². The summed E-state index contributed by atoms with van der Waals surface area (Å²) >= 11 is 0. The molecule has 2 rings (SSSR count). The molecule has 0 bridgehead atoms. The van der Waals surface area contributed by atoms with Crippen molar-refractivity contribution in [3.63, 3.8) is 0 Å². The van der Waals surface area contributed by atoms with Crippen LogP contribution in [0.3, 0.4) is 0 Å². The maximum Gasteiger partial charge on any atom is 0.224 e. The van der Waals surface area contributed by atoms with Gasteiger partial charge < -0.3 is 10.6 Å². The van der Waals surface area contributed by atoms with Crippen molar-refractivity contribution in [1.82, 2.24) is 5.32 Å². The van der Waals surface area contributed by atoms with Gasteiger partial charge in [-0.15, -0.1) is 0 Å². The summed E-state index contributed by atoms with van der Waals surface area (Å²) in [6, 6.07) is 5.80. The first-order chi connectivity index (χ1) is 8.69. The molecule has 1 aromatic rings. The number of anilines is 1. The molecule has 96 valence electrons. The maximum absolute atomic E-state index is 11.6. The SMILES string of the molecule is CCCNC(=O)Cc1ccc2c(c1)CCC(=O)N2. The first-order valence-corrected chi connectivity index (χ1v) is 6.37. The van der Waals surface area contributed by atoms with E-state index in [1.165, 1.54) is 0 Å². The van der Waals surface area contributed by atoms with Crippen LogP contribution in [0.5, 0.6) is 0 Å². The molecule has 1 aliphatic rings. The number of carbonyl (C=O) groups is 2. The summed E-state index contributed by atoms with van der Waals surface area (Å²) in [5.74, 6) is 0.118. The predicted octanol–water partition coefficient (Wildman–Crippen LogP) is 1.64. The summed E-state index contributed by atoms with van der Waals surface area (Å²) < 4.78 is 0. The zero-order valence-electron chi connectivity index (χ0n) is 10.6. The summed E-state index contributed by atoms with van der Waals surface area (Å²) in [4.78, 5) is 22.8. The van der Waals surface area contributed by atoms with Gasteiger partial charge in [-0.3, -0.25) is 9.59 Å². The Kier molecular flexibility index (Phi) is 3.97. The summed E-state index contributed by atoms with van der Waals surface area (Å²) in [5.41, 5.74) is 3.00. The highest BCUT2D eigenvalue weighted by atomic mass is 16.2. The standard InChI is InChI=1S/C14H18N2O2/c1-2-7-15-14(18)9-10-3-5-12-11(8-10)4-6-13(17)16-12/h3,5,8H,2,4,6-7,9H2,1H3,(H,15,18)(H,16,17). The van der Waals surface area contributed by atoms with Gasteiger partial charge in [-0.05, 0) is 30.0 Å². The Morgan fingerprint density at radius 1 is 1.39 bits per heavy atom. The second kappa shape index (κ2) is 5.67. The maximum atomic E-state index is 11.6. The van der Waals surface area contributed by atoms with Gasteiger partial charge in [0.25, 0.3) is 0 Å². The molecule has 0 fully saturated rings. The molecule has 0 radical (unpaired) electrons. The fourth-order valence-corrected chi connectivity index (χ4v) is 2.06. The van der Waals surface area contributed by atoms with Gasteiger partial charge in [0.1, 0.15) is 0 Å². The van der Waals surface area contributed by atoms with Gasteiger partial charge in [0.15, 0.2) is 0 Å². The number of carbonyl (C=O) groups excluding carboxylic acids is 2. The molecule has 0 spiro atoms. The Morgan fingerprint density at radius 2 is 2.22 bits per heavy atom. The van der Waals surface area contributed by atoms with E-state index in [4.69, 9.17) is 0 Å². The molecule has 0 aliphatic carbocycles. The minimum atomic E-state index is 0.0524. The van der Waals surface area contributed by atoms with Gasteiger partial charge in [0, 0.05) is 18.7 Å². The summed E-state index contributed by atoms with van der Waals surface area (Å²) in [6.07, 6.45) is 2.63. The predicted molar refractivity (Wildman–Crippen MR) is 70.4 cm³/mol. The van der Waals surface area contributed by atoms with E-state index >= 15 is 0 Å². The Hall–Kier alpha value is -1.84. The first-order valence-electron chi connectivity index (χ1n) is 6.37. The van der Waals surface area contributed by atoms with Crippen molar-refractivity contribution in [2.75, 3.05) is 11.9 Å². The van der Waals surface area contributed by atoms with Crippen LogP contribution in [-0.2, 0) is 22.4 Å². The van der Waals surface area contributed by atoms with E-state index < -0.39 is 0 Å². The van der Waals surface area contributed by atoms with Gasteiger partial charge in [0.05, 0.1) is 6.42 Å². The van der Waals surface area contributed by atoms with Gasteiger partial charge in [0.2, 0.25) is 11.8 Å². The molecule has 0 saturated carbocycles. The Balaban J connectivity index is 2.03. The van der Waals surface area contributed by atoms with Crippen LogP contribution in [0, 0.1) is 0 Å². The van der Waals surface area contributed by atoms with Crippen molar-refractivity contribution < 1.29 is 9.59 Å². The molecule has 1 heterocycles. The molecule has 2 amide bonds. The third-order valence-corrected chi connectivity index (χ3v) is 3.00. The minimum Gasteiger partial charge on any atom is -0.356 e. The second-order valence-electron chi connectivity index (χ2n) is 4.57. The minimum absolute atomic E-state index is 0.0524. The van der Waals surface area contributed by atoms with Gasteiger partial charge in [-0.2, -0.15) is 0 Å². The average molecular weight is 246 g/mol. The van der Waals surface area contributed by atoms with Gasteiger partial charge in [-0.25, -0.2) is 0 Å². The number of hydrogen-bond acceptors (Lipinski definition) is 2. The zero-order valence-corrected chi connectivity index (χ0v) is 10.6. The largest absolute Gasteiger partial charge is 0.356 e. The lowest BCUT2D eigenvalue weighted by atomic mass is 9.99. The van der Waals surface area contributed by atoms with Crippen molar-refractivity contribution in [2.45, 2.75) is 32.6 Å². The third kappa shape index (κ3) is 3.09. The van der Waals surface area contributed by atoms with Crippen molar-refractivity contribution >= 4 is 17.5 Å². The van der Waals surface area contributed by atoms with Crippen molar-refractivity contribution in [3.05, 3.63) is 29.3 Å². The quantitative estimate of drug-likeness (QED) is 0.848. The van der Waals surface area contributed by atoms with Crippen LogP contribution >= 0.6 is 0 Å². The Bertz CT molecular complexity index is 469. The molecule has 4 nitrogen and oxygen atoms in total. The smallest absolute Gasteiger partial charge is 0.224 e. The lowest BCUT2D eigenvalue weighted by Gasteiger charge is -2.17. The Labute approximate surface area is 107 Å². The topological polar surface area (TPSA) is 58.2 Å². The highest BCUT2D eigenvalue weighted by Gasteiger charge is 2.15. The van der Waals surface area contributed by atoms with E-state index in [1.54, 1.807) is 0 Å². The number of benzene rings is 1. The van der Waals surface area contributed by atoms with Crippen LogP contribution in [0.25, 0.3) is 0 Å². The lowest BCUT2D eigenvalue weighted by Crippen LogP contribution is -2.26. The van der Waals surface area contributed by atoms with E-state index in [2.05, 4.69) is 10.6 Å². The molecule has 2 N–H and O–H groups in total. The number of amides is 2. The molecule has 0 unspecified atom stereocenters. The van der Waals surface area contributed by atoms with Crippen molar-refractivity contribution in [1.29, 1.82) is 0 Å². The molecule has 0 saturated heterocycles. The highest BCUT2D eigenvalue weighted by molar-refractivity contribution is 5.94. The molecular weight excluding hydrogens is 228 g/mol. The first kappa shape index (κ1) is 12.6. The van der Waals surface area contributed by atoms with Crippen molar-refractivity contribution in [2.24, 2.45) is 0 Å². The van der Waals surface area contributed by atoms with Crippen molar-refractivity contribution in [3.8, 4) is 0 Å². The van der Waals surface area contributed by atoms with Gasteiger partial charge >= 0.3 is 0 Å². The van der Waals surface area contributed by atoms with Crippen LogP contribution in [0.15, 0.2) is 18.2 Å². The highest BCUT2D eigenvalue weighted by Crippen LogP contribution is 2.23. The fraction of sp³-hybridized carbons (Fsp3) is 0.429. The van der Waals surface area contributed by atoms with E-state index in [-0.39, 0.29) is 11.8 Å². The fourth-order valence-electron chi connectivity index (χ4n) is 2.06. The lowest BCUT2D eigenvalue weighted by molar-refractivity contribution is -0.120. The number of nitrogens with one attached hydrogen (secondary N) is 2. The zero-order chi connectivity index (χ0) is 13.0. The average Bonchev–Trinajstić information content (AvgIpc) is 2.36. The molecule has 0 atom stereocenters. The third-order valence-electron chi connectivity index (χ3n) is 3.00. The molecule has 18 heavy (non-hydrogen) atoms. The van der Waals surface area contributed by atoms with Crippen LogP contribution in [-0.4, -0.2) is 18.4 Å². The molecule has 0 aromatic heterocycles.